The van der Waals surface area contributed by atoms with Crippen molar-refractivity contribution in [2.24, 2.45) is 5.73 Å². The fraction of sp³-hybridized carbons (Fsp3) is 0.188. The van der Waals surface area contributed by atoms with Gasteiger partial charge in [0.2, 0.25) is 0 Å². The predicted molar refractivity (Wildman–Crippen MR) is 74.6 cm³/mol. The molecule has 0 spiro atoms. The molecule has 0 saturated heterocycles. The van der Waals surface area contributed by atoms with Gasteiger partial charge in [0.1, 0.15) is 24.0 Å². The normalized spacial score (nSPS) is 10.2. The standard InChI is InChI=1S/C16H14F2N2O/c17-14-5-12(9-20)3-13(6-14)10-21-16-7-11(1-2-19)4-15(18)8-16/h3-8H,1-2,10,19H2. The molecule has 0 radical (unpaired) electrons. The monoisotopic (exact) mass is 288 g/mol. The van der Waals surface area contributed by atoms with E-state index < -0.39 is 11.6 Å². The third-order valence-corrected chi connectivity index (χ3v) is 2.86. The Balaban J connectivity index is 2.13. The van der Waals surface area contributed by atoms with Crippen LogP contribution in [0.3, 0.4) is 0 Å². The van der Waals surface area contributed by atoms with Crippen molar-refractivity contribution in [3.63, 3.8) is 0 Å². The fourth-order valence-corrected chi connectivity index (χ4v) is 1.98. The third-order valence-electron chi connectivity index (χ3n) is 2.86. The Kier molecular flexibility index (Phi) is 4.85. The molecule has 0 unspecified atom stereocenters. The maximum Gasteiger partial charge on any atom is 0.127 e. The van der Waals surface area contributed by atoms with Crippen molar-refractivity contribution in [1.82, 2.24) is 0 Å². The predicted octanol–water partition coefficient (Wildman–Crippen LogP) is 2.92. The first-order chi connectivity index (χ1) is 10.1. The van der Waals surface area contributed by atoms with Crippen molar-refractivity contribution in [1.29, 1.82) is 5.26 Å². The van der Waals surface area contributed by atoms with E-state index in [-0.39, 0.29) is 12.2 Å². The van der Waals surface area contributed by atoms with Gasteiger partial charge in [0.15, 0.2) is 0 Å². The third kappa shape index (κ3) is 4.26. The molecule has 0 amide bonds. The van der Waals surface area contributed by atoms with Crippen molar-refractivity contribution < 1.29 is 13.5 Å². The van der Waals surface area contributed by atoms with Crippen LogP contribution in [0, 0.1) is 23.0 Å². The summed E-state index contributed by atoms with van der Waals surface area (Å²) in [6.45, 7) is 0.469. The molecular formula is C16H14F2N2O. The Morgan fingerprint density at radius 1 is 1.00 bits per heavy atom. The topological polar surface area (TPSA) is 59.0 Å². The van der Waals surface area contributed by atoms with Crippen LogP contribution < -0.4 is 10.5 Å². The molecule has 0 fully saturated rings. The molecule has 0 atom stereocenters. The summed E-state index contributed by atoms with van der Waals surface area (Å²) < 4.78 is 32.2. The number of benzene rings is 2. The molecule has 108 valence electrons. The van der Waals surface area contributed by atoms with Gasteiger partial charge in [0.05, 0.1) is 11.6 Å². The van der Waals surface area contributed by atoms with Gasteiger partial charge in [-0.25, -0.2) is 8.78 Å². The SMILES string of the molecule is N#Cc1cc(F)cc(COc2cc(F)cc(CCN)c2)c1. The van der Waals surface area contributed by atoms with Crippen LogP contribution in [0.2, 0.25) is 0 Å². The highest BCUT2D eigenvalue weighted by Gasteiger charge is 2.04. The maximum atomic E-state index is 13.4. The van der Waals surface area contributed by atoms with E-state index in [9.17, 15) is 8.78 Å². The number of nitrogens with two attached hydrogens (primary N) is 1. The zero-order valence-electron chi connectivity index (χ0n) is 11.3. The summed E-state index contributed by atoms with van der Waals surface area (Å²) in [5.41, 5.74) is 6.91. The minimum atomic E-state index is -0.504. The molecule has 0 aromatic heterocycles. The molecule has 0 aliphatic rings. The Hall–Kier alpha value is -2.45. The summed E-state index contributed by atoms with van der Waals surface area (Å²) in [5, 5.41) is 8.78. The number of nitrogens with zero attached hydrogens (tertiary/aromatic N) is 1. The highest BCUT2D eigenvalue weighted by Crippen LogP contribution is 2.19. The summed E-state index contributed by atoms with van der Waals surface area (Å²) in [5.74, 6) is -0.565. The minimum Gasteiger partial charge on any atom is -0.489 e. The highest BCUT2D eigenvalue weighted by molar-refractivity contribution is 5.34. The molecule has 0 aliphatic carbocycles. The van der Waals surface area contributed by atoms with Crippen LogP contribution in [0.1, 0.15) is 16.7 Å². The van der Waals surface area contributed by atoms with Crippen molar-refractivity contribution in [3.05, 3.63) is 64.7 Å². The Morgan fingerprint density at radius 2 is 1.71 bits per heavy atom. The number of ether oxygens (including phenoxy) is 1. The van der Waals surface area contributed by atoms with E-state index >= 15 is 0 Å². The smallest absolute Gasteiger partial charge is 0.127 e. The zero-order chi connectivity index (χ0) is 15.2. The first kappa shape index (κ1) is 14.9. The van der Waals surface area contributed by atoms with E-state index in [1.165, 1.54) is 24.3 Å². The molecule has 2 aromatic carbocycles. The van der Waals surface area contributed by atoms with Crippen molar-refractivity contribution in [3.8, 4) is 11.8 Å². The number of hydrogen-bond acceptors (Lipinski definition) is 3. The lowest BCUT2D eigenvalue weighted by Gasteiger charge is -2.09. The summed E-state index contributed by atoms with van der Waals surface area (Å²) in [7, 11) is 0. The molecule has 5 heteroatoms. The minimum absolute atomic E-state index is 0.0535. The van der Waals surface area contributed by atoms with Gasteiger partial charge in [-0.15, -0.1) is 0 Å². The highest BCUT2D eigenvalue weighted by atomic mass is 19.1. The Labute approximate surface area is 121 Å². The summed E-state index contributed by atoms with van der Waals surface area (Å²) in [6.07, 6.45) is 0.548. The largest absolute Gasteiger partial charge is 0.489 e. The Morgan fingerprint density at radius 3 is 2.43 bits per heavy atom. The fourth-order valence-electron chi connectivity index (χ4n) is 1.98. The first-order valence-corrected chi connectivity index (χ1v) is 6.42. The van der Waals surface area contributed by atoms with Crippen molar-refractivity contribution in [2.75, 3.05) is 6.54 Å². The molecule has 3 nitrogen and oxygen atoms in total. The van der Waals surface area contributed by atoms with E-state index in [1.54, 1.807) is 6.07 Å². The van der Waals surface area contributed by atoms with Gasteiger partial charge in [0.25, 0.3) is 0 Å². The molecule has 21 heavy (non-hydrogen) atoms. The molecule has 2 aromatic rings. The van der Waals surface area contributed by atoms with Crippen LogP contribution in [0.25, 0.3) is 0 Å². The average molecular weight is 288 g/mol. The zero-order valence-corrected chi connectivity index (χ0v) is 11.3. The summed E-state index contributed by atoms with van der Waals surface area (Å²) in [6, 6.07) is 10.2. The lowest BCUT2D eigenvalue weighted by atomic mass is 10.1. The van der Waals surface area contributed by atoms with Crippen LogP contribution in [0.5, 0.6) is 5.75 Å². The first-order valence-electron chi connectivity index (χ1n) is 6.42. The second-order valence-corrected chi connectivity index (χ2v) is 4.58. The van der Waals surface area contributed by atoms with Gasteiger partial charge in [-0.3, -0.25) is 0 Å². The van der Waals surface area contributed by atoms with E-state index in [1.807, 2.05) is 6.07 Å². The summed E-state index contributed by atoms with van der Waals surface area (Å²) in [4.78, 5) is 0. The second-order valence-electron chi connectivity index (χ2n) is 4.58. The van der Waals surface area contributed by atoms with Crippen LogP contribution in [0.4, 0.5) is 8.78 Å². The Bertz CT molecular complexity index is 680. The number of nitriles is 1. The van der Waals surface area contributed by atoms with Crippen molar-refractivity contribution >= 4 is 0 Å². The molecular weight excluding hydrogens is 274 g/mol. The van der Waals surface area contributed by atoms with E-state index in [0.717, 1.165) is 11.6 Å². The van der Waals surface area contributed by atoms with E-state index in [4.69, 9.17) is 15.7 Å². The molecule has 2 rings (SSSR count). The van der Waals surface area contributed by atoms with Crippen molar-refractivity contribution in [2.45, 2.75) is 13.0 Å². The summed E-state index contributed by atoms with van der Waals surface area (Å²) >= 11 is 0. The van der Waals surface area contributed by atoms with Gasteiger partial charge >= 0.3 is 0 Å². The average Bonchev–Trinajstić information content (AvgIpc) is 2.44. The van der Waals surface area contributed by atoms with Crippen LogP contribution in [0.15, 0.2) is 36.4 Å². The van der Waals surface area contributed by atoms with Gasteiger partial charge in [-0.1, -0.05) is 0 Å². The van der Waals surface area contributed by atoms with E-state index in [2.05, 4.69) is 0 Å². The quantitative estimate of drug-likeness (QED) is 0.920. The van der Waals surface area contributed by atoms with Gasteiger partial charge in [-0.2, -0.15) is 5.26 Å². The maximum absolute atomic E-state index is 13.4. The molecule has 0 aliphatic heterocycles. The number of hydrogen-bond donors (Lipinski definition) is 1. The van der Waals surface area contributed by atoms with Crippen LogP contribution >= 0.6 is 0 Å². The lowest BCUT2D eigenvalue weighted by Crippen LogP contribution is -2.04. The van der Waals surface area contributed by atoms with E-state index in [0.29, 0.717) is 24.3 Å². The number of halogens is 2. The molecule has 0 heterocycles. The van der Waals surface area contributed by atoms with Gasteiger partial charge in [0, 0.05) is 6.07 Å². The lowest BCUT2D eigenvalue weighted by molar-refractivity contribution is 0.303. The number of rotatable bonds is 5. The molecule has 0 saturated carbocycles. The van der Waals surface area contributed by atoms with Gasteiger partial charge < -0.3 is 10.5 Å². The van der Waals surface area contributed by atoms with Gasteiger partial charge in [-0.05, 0) is 54.4 Å². The second kappa shape index (κ2) is 6.82. The molecule has 0 bridgehead atoms. The molecule has 2 N–H and O–H groups in total. The van der Waals surface area contributed by atoms with Crippen LogP contribution in [-0.2, 0) is 13.0 Å². The van der Waals surface area contributed by atoms with Crippen LogP contribution in [-0.4, -0.2) is 6.54 Å².